The molecular weight excluding hydrogens is 482 g/mol. The molecule has 1 amide bonds. The van der Waals surface area contributed by atoms with Gasteiger partial charge in [0.15, 0.2) is 16.6 Å². The van der Waals surface area contributed by atoms with Gasteiger partial charge in [0.25, 0.3) is 5.91 Å². The smallest absolute Gasteiger partial charge is 0.255 e. The zero-order valence-corrected chi connectivity index (χ0v) is 19.6. The predicted molar refractivity (Wildman–Crippen MR) is 127 cm³/mol. The molecule has 7 nitrogen and oxygen atoms in total. The highest BCUT2D eigenvalue weighted by atomic mass is 79.9. The second kappa shape index (κ2) is 10.6. The highest BCUT2D eigenvalue weighted by Gasteiger charge is 2.30. The Morgan fingerprint density at radius 2 is 1.94 bits per heavy atom. The molecule has 1 aliphatic heterocycles. The van der Waals surface area contributed by atoms with Crippen LogP contribution in [-0.2, 0) is 4.79 Å². The highest BCUT2D eigenvalue weighted by Crippen LogP contribution is 2.35. The number of hydrogen-bond acceptors (Lipinski definition) is 5. The summed E-state index contributed by atoms with van der Waals surface area (Å²) in [5, 5.41) is 18.6. The van der Waals surface area contributed by atoms with Gasteiger partial charge in [0.1, 0.15) is 6.61 Å². The maximum atomic E-state index is 13.2. The van der Waals surface area contributed by atoms with E-state index in [1.54, 1.807) is 6.07 Å². The minimum absolute atomic E-state index is 0.0975. The first-order valence-corrected chi connectivity index (χ1v) is 11.0. The number of nitrogens with one attached hydrogen (secondary N) is 3. The first-order chi connectivity index (χ1) is 14.9. The quantitative estimate of drug-likeness (QED) is 0.407. The Balaban J connectivity index is 1.94. The Bertz CT molecular complexity index is 995. The van der Waals surface area contributed by atoms with E-state index in [1.165, 1.54) is 0 Å². The van der Waals surface area contributed by atoms with Crippen LogP contribution in [-0.4, -0.2) is 35.9 Å². The summed E-state index contributed by atoms with van der Waals surface area (Å²) in [4.78, 5) is 13.2. The van der Waals surface area contributed by atoms with E-state index in [9.17, 15) is 4.79 Å². The molecule has 2 aromatic rings. The monoisotopic (exact) mass is 505 g/mol. The molecule has 0 spiro atoms. The molecule has 0 aromatic heterocycles. The van der Waals surface area contributed by atoms with E-state index in [1.807, 2.05) is 50.2 Å². The van der Waals surface area contributed by atoms with Crippen molar-refractivity contribution in [2.24, 2.45) is 0 Å². The molecule has 0 bridgehead atoms. The number of carbonyl (C=O) groups is 1. The van der Waals surface area contributed by atoms with Crippen LogP contribution in [0.3, 0.4) is 0 Å². The minimum Gasteiger partial charge on any atom is -0.490 e. The number of ether oxygens (including phenoxy) is 2. The van der Waals surface area contributed by atoms with Gasteiger partial charge in [0.05, 0.1) is 24.8 Å². The van der Waals surface area contributed by atoms with Gasteiger partial charge in [0, 0.05) is 15.9 Å². The van der Waals surface area contributed by atoms with Gasteiger partial charge >= 0.3 is 0 Å². The molecule has 3 rings (SSSR count). The Morgan fingerprint density at radius 1 is 1.19 bits per heavy atom. The average molecular weight is 506 g/mol. The summed E-state index contributed by atoms with van der Waals surface area (Å²) in [6, 6.07) is 12.3. The molecule has 0 fully saturated rings. The first kappa shape index (κ1) is 23.1. The number of aliphatic hydroxyl groups excluding tert-OH is 1. The summed E-state index contributed by atoms with van der Waals surface area (Å²) in [5.74, 6) is 0.814. The summed E-state index contributed by atoms with van der Waals surface area (Å²) >= 11 is 8.73. The Morgan fingerprint density at radius 3 is 2.61 bits per heavy atom. The van der Waals surface area contributed by atoms with Crippen LogP contribution in [0.1, 0.15) is 25.5 Å². The van der Waals surface area contributed by atoms with E-state index in [-0.39, 0.29) is 19.1 Å². The molecule has 0 radical (unpaired) electrons. The zero-order valence-electron chi connectivity index (χ0n) is 17.2. The second-order valence-electron chi connectivity index (χ2n) is 6.74. The van der Waals surface area contributed by atoms with Gasteiger partial charge in [-0.05, 0) is 68.0 Å². The fourth-order valence-electron chi connectivity index (χ4n) is 3.22. The zero-order chi connectivity index (χ0) is 22.4. The summed E-state index contributed by atoms with van der Waals surface area (Å²) in [6.45, 7) is 4.21. The number of hydrogen-bond donors (Lipinski definition) is 4. The van der Waals surface area contributed by atoms with Crippen molar-refractivity contribution in [2.45, 2.75) is 19.9 Å². The molecule has 0 saturated carbocycles. The summed E-state index contributed by atoms with van der Waals surface area (Å²) in [7, 11) is 0. The summed E-state index contributed by atoms with van der Waals surface area (Å²) in [6.07, 6.45) is 0. The number of halogens is 1. The van der Waals surface area contributed by atoms with Crippen molar-refractivity contribution in [3.8, 4) is 11.5 Å². The Hall–Kier alpha value is -2.62. The summed E-state index contributed by atoms with van der Waals surface area (Å²) < 4.78 is 12.2. The molecule has 1 aliphatic rings. The van der Waals surface area contributed by atoms with Crippen molar-refractivity contribution in [2.75, 3.05) is 25.1 Å². The number of benzene rings is 2. The normalized spacial score (nSPS) is 15.7. The molecule has 31 heavy (non-hydrogen) atoms. The van der Waals surface area contributed by atoms with Crippen LogP contribution < -0.4 is 25.4 Å². The van der Waals surface area contributed by atoms with E-state index in [2.05, 4.69) is 31.9 Å². The van der Waals surface area contributed by atoms with Crippen molar-refractivity contribution in [3.63, 3.8) is 0 Å². The van der Waals surface area contributed by atoms with Crippen LogP contribution >= 0.6 is 28.1 Å². The van der Waals surface area contributed by atoms with Crippen molar-refractivity contribution >= 4 is 44.9 Å². The Kier molecular flexibility index (Phi) is 7.89. The lowest BCUT2D eigenvalue weighted by molar-refractivity contribution is -0.113. The lowest BCUT2D eigenvalue weighted by Crippen LogP contribution is -2.45. The number of aliphatic hydroxyl groups is 1. The molecule has 1 atom stereocenters. The van der Waals surface area contributed by atoms with Crippen LogP contribution in [0.2, 0.25) is 0 Å². The third-order valence-electron chi connectivity index (χ3n) is 4.57. The predicted octanol–water partition coefficient (Wildman–Crippen LogP) is 3.65. The molecule has 1 heterocycles. The van der Waals surface area contributed by atoms with Crippen molar-refractivity contribution in [1.82, 2.24) is 10.6 Å². The van der Waals surface area contributed by atoms with Gasteiger partial charge in [-0.15, -0.1) is 0 Å². The number of rotatable bonds is 8. The van der Waals surface area contributed by atoms with Gasteiger partial charge < -0.3 is 30.5 Å². The largest absolute Gasteiger partial charge is 0.490 e. The highest BCUT2D eigenvalue weighted by molar-refractivity contribution is 9.10. The van der Waals surface area contributed by atoms with Crippen molar-refractivity contribution in [1.29, 1.82) is 0 Å². The number of anilines is 1. The number of amides is 1. The number of carbonyl (C=O) groups excluding carboxylic acids is 1. The molecule has 0 aliphatic carbocycles. The minimum atomic E-state index is -0.477. The topological polar surface area (TPSA) is 91.9 Å². The molecular formula is C22H24BrN3O4S. The maximum absolute atomic E-state index is 13.2. The molecule has 0 unspecified atom stereocenters. The fraction of sp³-hybridized carbons (Fsp3) is 0.273. The third kappa shape index (κ3) is 5.75. The number of thiocarbonyl (C=S) groups is 1. The molecule has 4 N–H and O–H groups in total. The van der Waals surface area contributed by atoms with Gasteiger partial charge in [-0.25, -0.2) is 0 Å². The Labute approximate surface area is 195 Å². The van der Waals surface area contributed by atoms with Crippen LogP contribution in [0, 0.1) is 0 Å². The van der Waals surface area contributed by atoms with Crippen molar-refractivity contribution in [3.05, 3.63) is 63.8 Å². The SMILES string of the molecule is CCOc1cc([C@H]2NC(=S)NC(C)=C2C(=O)Nc2ccc(Br)cc2)ccc1OCCO. The average Bonchev–Trinajstić information content (AvgIpc) is 2.74. The van der Waals surface area contributed by atoms with Crippen LogP contribution in [0.5, 0.6) is 11.5 Å². The van der Waals surface area contributed by atoms with Gasteiger partial charge in [0.2, 0.25) is 0 Å². The van der Waals surface area contributed by atoms with Crippen LogP contribution in [0.4, 0.5) is 5.69 Å². The van der Waals surface area contributed by atoms with E-state index in [0.29, 0.717) is 40.2 Å². The molecule has 2 aromatic carbocycles. The third-order valence-corrected chi connectivity index (χ3v) is 5.31. The van der Waals surface area contributed by atoms with E-state index in [0.717, 1.165) is 10.0 Å². The van der Waals surface area contributed by atoms with E-state index < -0.39 is 6.04 Å². The summed E-state index contributed by atoms with van der Waals surface area (Å²) in [5.41, 5.74) is 2.66. The van der Waals surface area contributed by atoms with Gasteiger partial charge in [-0.3, -0.25) is 4.79 Å². The van der Waals surface area contributed by atoms with Gasteiger partial charge in [-0.1, -0.05) is 22.0 Å². The fourth-order valence-corrected chi connectivity index (χ4v) is 3.76. The van der Waals surface area contributed by atoms with E-state index in [4.69, 9.17) is 26.8 Å². The standard InChI is InChI=1S/C22H24BrN3O4S/c1-3-29-18-12-14(4-9-17(18)30-11-10-27)20-19(13(2)24-22(31)26-20)21(28)25-16-7-5-15(23)6-8-16/h4-9,12,20,27H,3,10-11H2,1-2H3,(H,25,28)(H2,24,26,31)/t20-/m1/s1. The van der Waals surface area contributed by atoms with Crippen LogP contribution in [0.25, 0.3) is 0 Å². The van der Waals surface area contributed by atoms with Crippen molar-refractivity contribution < 1.29 is 19.4 Å². The molecule has 0 saturated heterocycles. The van der Waals surface area contributed by atoms with Crippen LogP contribution in [0.15, 0.2) is 58.2 Å². The molecule has 9 heteroatoms. The van der Waals surface area contributed by atoms with Gasteiger partial charge in [-0.2, -0.15) is 0 Å². The van der Waals surface area contributed by atoms with E-state index >= 15 is 0 Å². The number of allylic oxidation sites excluding steroid dienone is 1. The second-order valence-corrected chi connectivity index (χ2v) is 8.07. The molecule has 164 valence electrons. The first-order valence-electron chi connectivity index (χ1n) is 9.78. The lowest BCUT2D eigenvalue weighted by Gasteiger charge is -2.30. The maximum Gasteiger partial charge on any atom is 0.255 e. The lowest BCUT2D eigenvalue weighted by atomic mass is 9.94.